The van der Waals surface area contributed by atoms with Gasteiger partial charge in [0, 0.05) is 17.9 Å². The summed E-state index contributed by atoms with van der Waals surface area (Å²) >= 11 is 0. The van der Waals surface area contributed by atoms with Crippen LogP contribution in [-0.4, -0.2) is 22.6 Å². The lowest BCUT2D eigenvalue weighted by Gasteiger charge is -2.15. The molecule has 0 unspecified atom stereocenters. The van der Waals surface area contributed by atoms with Crippen LogP contribution in [0.4, 0.5) is 5.69 Å². The Labute approximate surface area is 122 Å². The van der Waals surface area contributed by atoms with E-state index in [2.05, 4.69) is 5.16 Å². The molecule has 0 aliphatic heterocycles. The van der Waals surface area contributed by atoms with Gasteiger partial charge in [0.05, 0.1) is 11.5 Å². The quantitative estimate of drug-likeness (QED) is 0.264. The molecular formula is C14H19N3O4. The van der Waals surface area contributed by atoms with E-state index in [1.165, 1.54) is 0 Å². The van der Waals surface area contributed by atoms with E-state index >= 15 is 0 Å². The van der Waals surface area contributed by atoms with E-state index in [0.717, 1.165) is 24.8 Å². The van der Waals surface area contributed by atoms with Crippen molar-refractivity contribution in [3.63, 3.8) is 0 Å². The molecule has 0 spiro atoms. The first-order chi connectivity index (χ1) is 9.99. The summed E-state index contributed by atoms with van der Waals surface area (Å²) in [5.74, 6) is 0.426. The number of nitrogens with two attached hydrogens (primary N) is 1. The van der Waals surface area contributed by atoms with Crippen molar-refractivity contribution in [1.29, 1.82) is 0 Å². The first-order valence-electron chi connectivity index (χ1n) is 6.86. The van der Waals surface area contributed by atoms with Gasteiger partial charge in [-0.15, -0.1) is 0 Å². The molecule has 1 aromatic carbocycles. The summed E-state index contributed by atoms with van der Waals surface area (Å²) in [6.45, 7) is 2.27. The van der Waals surface area contributed by atoms with E-state index in [1.54, 1.807) is 12.1 Å². The van der Waals surface area contributed by atoms with Crippen LogP contribution in [0.25, 0.3) is 0 Å². The van der Waals surface area contributed by atoms with E-state index in [4.69, 9.17) is 15.7 Å². The Kier molecular flexibility index (Phi) is 4.30. The third kappa shape index (κ3) is 3.62. The zero-order valence-electron chi connectivity index (χ0n) is 11.9. The molecule has 1 aliphatic rings. The fourth-order valence-electron chi connectivity index (χ4n) is 2.25. The Balaban J connectivity index is 2.08. The summed E-state index contributed by atoms with van der Waals surface area (Å²) in [6.07, 6.45) is 2.98. The Morgan fingerprint density at radius 2 is 2.29 bits per heavy atom. The molecular weight excluding hydrogens is 274 g/mol. The van der Waals surface area contributed by atoms with Gasteiger partial charge in [-0.05, 0) is 30.9 Å². The number of amidine groups is 1. The molecule has 1 fully saturated rings. The van der Waals surface area contributed by atoms with Crippen LogP contribution in [0.5, 0.6) is 5.75 Å². The number of hydrogen-bond acceptors (Lipinski definition) is 5. The van der Waals surface area contributed by atoms with Crippen LogP contribution in [-0.2, 0) is 6.42 Å². The predicted molar refractivity (Wildman–Crippen MR) is 77.7 cm³/mol. The van der Waals surface area contributed by atoms with Crippen LogP contribution in [0.15, 0.2) is 23.4 Å². The largest absolute Gasteiger partial charge is 0.486 e. The van der Waals surface area contributed by atoms with Crippen LogP contribution < -0.4 is 10.5 Å². The number of benzene rings is 1. The highest BCUT2D eigenvalue weighted by atomic mass is 16.6. The van der Waals surface area contributed by atoms with Crippen LogP contribution in [0.1, 0.15) is 31.7 Å². The lowest BCUT2D eigenvalue weighted by Crippen LogP contribution is -2.22. The Morgan fingerprint density at radius 1 is 1.57 bits per heavy atom. The summed E-state index contributed by atoms with van der Waals surface area (Å²) in [7, 11) is 0. The number of ether oxygens (including phenoxy) is 1. The second kappa shape index (κ2) is 5.99. The SMILES string of the molecule is CCc1ccc(OCC2(CC(N)=NO)CC2)c([N+](=O)[O-])c1. The fraction of sp³-hybridized carbons (Fsp3) is 0.500. The lowest BCUT2D eigenvalue weighted by atomic mass is 10.0. The fourth-order valence-corrected chi connectivity index (χ4v) is 2.25. The molecule has 2 rings (SSSR count). The molecule has 0 saturated heterocycles. The van der Waals surface area contributed by atoms with Crippen molar-refractivity contribution in [3.8, 4) is 5.75 Å². The van der Waals surface area contributed by atoms with Crippen molar-refractivity contribution in [1.82, 2.24) is 0 Å². The van der Waals surface area contributed by atoms with E-state index in [-0.39, 0.29) is 22.7 Å². The normalized spacial score (nSPS) is 16.5. The second-order valence-corrected chi connectivity index (χ2v) is 5.47. The molecule has 0 heterocycles. The van der Waals surface area contributed by atoms with Crippen LogP contribution in [0.3, 0.4) is 0 Å². The van der Waals surface area contributed by atoms with Crippen LogP contribution in [0.2, 0.25) is 0 Å². The highest BCUT2D eigenvalue weighted by Gasteiger charge is 2.44. The molecule has 0 amide bonds. The molecule has 1 aromatic rings. The molecule has 7 nitrogen and oxygen atoms in total. The van der Waals surface area contributed by atoms with Gasteiger partial charge in [0.25, 0.3) is 0 Å². The lowest BCUT2D eigenvalue weighted by molar-refractivity contribution is -0.386. The number of hydrogen-bond donors (Lipinski definition) is 2. The minimum Gasteiger partial charge on any atom is -0.486 e. The van der Waals surface area contributed by atoms with E-state index in [0.29, 0.717) is 13.0 Å². The van der Waals surface area contributed by atoms with Crippen molar-refractivity contribution >= 4 is 11.5 Å². The highest BCUT2D eigenvalue weighted by molar-refractivity contribution is 5.80. The van der Waals surface area contributed by atoms with Gasteiger partial charge >= 0.3 is 5.69 Å². The monoisotopic (exact) mass is 293 g/mol. The Hall–Kier alpha value is -2.31. The molecule has 0 radical (unpaired) electrons. The third-order valence-corrected chi connectivity index (χ3v) is 3.80. The zero-order valence-corrected chi connectivity index (χ0v) is 11.9. The van der Waals surface area contributed by atoms with Crippen LogP contribution in [0, 0.1) is 15.5 Å². The van der Waals surface area contributed by atoms with Crippen molar-refractivity contribution in [3.05, 3.63) is 33.9 Å². The minimum atomic E-state index is -0.433. The van der Waals surface area contributed by atoms with Gasteiger partial charge in [-0.3, -0.25) is 10.1 Å². The molecule has 21 heavy (non-hydrogen) atoms. The molecule has 0 bridgehead atoms. The van der Waals surface area contributed by atoms with E-state index in [9.17, 15) is 10.1 Å². The van der Waals surface area contributed by atoms with Crippen molar-refractivity contribution in [2.24, 2.45) is 16.3 Å². The molecule has 0 aromatic heterocycles. The molecule has 3 N–H and O–H groups in total. The van der Waals surface area contributed by atoms with Gasteiger partial charge in [0.15, 0.2) is 5.75 Å². The van der Waals surface area contributed by atoms with Gasteiger partial charge < -0.3 is 15.7 Å². The maximum atomic E-state index is 11.1. The van der Waals surface area contributed by atoms with Gasteiger partial charge in [-0.25, -0.2) is 0 Å². The number of aryl methyl sites for hydroxylation is 1. The summed E-state index contributed by atoms with van der Waals surface area (Å²) in [6, 6.07) is 5.00. The first kappa shape index (κ1) is 15.1. The molecule has 0 atom stereocenters. The molecule has 7 heteroatoms. The average molecular weight is 293 g/mol. The van der Waals surface area contributed by atoms with Crippen LogP contribution >= 0.6 is 0 Å². The van der Waals surface area contributed by atoms with Gasteiger partial charge in [-0.1, -0.05) is 18.1 Å². The Bertz CT molecular complexity index is 567. The van der Waals surface area contributed by atoms with Crippen molar-refractivity contribution in [2.75, 3.05) is 6.61 Å². The number of nitrogens with zero attached hydrogens (tertiary/aromatic N) is 2. The Morgan fingerprint density at radius 3 is 2.81 bits per heavy atom. The molecule has 1 saturated carbocycles. The third-order valence-electron chi connectivity index (χ3n) is 3.80. The second-order valence-electron chi connectivity index (χ2n) is 5.47. The first-order valence-corrected chi connectivity index (χ1v) is 6.86. The number of rotatable bonds is 7. The molecule has 1 aliphatic carbocycles. The predicted octanol–water partition coefficient (Wildman–Crippen LogP) is 2.45. The van der Waals surface area contributed by atoms with Gasteiger partial charge in [0.2, 0.25) is 0 Å². The summed E-state index contributed by atoms with van der Waals surface area (Å²) in [5.41, 5.74) is 6.24. The average Bonchev–Trinajstić information content (AvgIpc) is 3.24. The van der Waals surface area contributed by atoms with E-state index < -0.39 is 4.92 Å². The number of nitro benzene ring substituents is 1. The minimum absolute atomic E-state index is 0.0195. The zero-order chi connectivity index (χ0) is 15.5. The summed E-state index contributed by atoms with van der Waals surface area (Å²) in [4.78, 5) is 10.7. The summed E-state index contributed by atoms with van der Waals surface area (Å²) in [5, 5.41) is 22.7. The maximum absolute atomic E-state index is 11.1. The molecule has 114 valence electrons. The topological polar surface area (TPSA) is 111 Å². The number of nitro groups is 1. The summed E-state index contributed by atoms with van der Waals surface area (Å²) < 4.78 is 5.64. The maximum Gasteiger partial charge on any atom is 0.311 e. The number of oxime groups is 1. The van der Waals surface area contributed by atoms with Crippen molar-refractivity contribution in [2.45, 2.75) is 32.6 Å². The smallest absolute Gasteiger partial charge is 0.311 e. The van der Waals surface area contributed by atoms with E-state index in [1.807, 2.05) is 13.0 Å². The van der Waals surface area contributed by atoms with Crippen molar-refractivity contribution < 1.29 is 14.9 Å². The van der Waals surface area contributed by atoms with Gasteiger partial charge in [0.1, 0.15) is 5.84 Å². The highest BCUT2D eigenvalue weighted by Crippen LogP contribution is 2.49. The van der Waals surface area contributed by atoms with Gasteiger partial charge in [-0.2, -0.15) is 0 Å². The standard InChI is InChI=1S/C14H19N3O4/c1-2-10-3-4-12(11(7-10)17(19)20)21-9-14(5-6-14)8-13(15)16-18/h3-4,7,18H,2,5-6,8-9H2,1H3,(H2,15,16).